The number of nitrogens with two attached hydrogens (primary N) is 1. The molecule has 18 heavy (non-hydrogen) atoms. The van der Waals surface area contributed by atoms with Crippen molar-refractivity contribution < 1.29 is 8.78 Å². The molecule has 5 heteroatoms. The van der Waals surface area contributed by atoms with Crippen molar-refractivity contribution >= 4 is 16.7 Å². The lowest BCUT2D eigenvalue weighted by molar-refractivity contribution is 0.512. The zero-order valence-corrected chi connectivity index (χ0v) is 9.24. The van der Waals surface area contributed by atoms with Crippen molar-refractivity contribution in [1.82, 2.24) is 9.97 Å². The van der Waals surface area contributed by atoms with Crippen molar-refractivity contribution in [3.8, 4) is 11.4 Å². The molecule has 3 N–H and O–H groups in total. The Labute approximate surface area is 101 Å². The number of para-hydroxylation sites is 2. The predicted octanol–water partition coefficient (Wildman–Crippen LogP) is 3.09. The molecular formula is C13H9F2N3. The molecule has 90 valence electrons. The number of hydrogen-bond acceptors (Lipinski definition) is 2. The van der Waals surface area contributed by atoms with Crippen LogP contribution in [0.5, 0.6) is 0 Å². The van der Waals surface area contributed by atoms with Gasteiger partial charge in [-0.05, 0) is 24.3 Å². The van der Waals surface area contributed by atoms with Gasteiger partial charge in [0.25, 0.3) is 0 Å². The zero-order chi connectivity index (χ0) is 12.7. The highest BCUT2D eigenvalue weighted by molar-refractivity contribution is 5.82. The highest BCUT2D eigenvalue weighted by Crippen LogP contribution is 2.28. The van der Waals surface area contributed by atoms with Crippen LogP contribution in [0.4, 0.5) is 14.5 Å². The molecule has 0 aliphatic heterocycles. The van der Waals surface area contributed by atoms with Crippen LogP contribution in [-0.2, 0) is 0 Å². The Balaban J connectivity index is 2.23. The highest BCUT2D eigenvalue weighted by Gasteiger charge is 2.14. The molecule has 1 aromatic heterocycles. The van der Waals surface area contributed by atoms with E-state index in [2.05, 4.69) is 9.97 Å². The van der Waals surface area contributed by atoms with Gasteiger partial charge in [0.15, 0.2) is 11.6 Å². The van der Waals surface area contributed by atoms with Crippen LogP contribution in [0.25, 0.3) is 22.4 Å². The van der Waals surface area contributed by atoms with Gasteiger partial charge in [-0.3, -0.25) is 0 Å². The molecule has 0 spiro atoms. The first kappa shape index (κ1) is 10.7. The fourth-order valence-corrected chi connectivity index (χ4v) is 1.85. The minimum absolute atomic E-state index is 0.242. The smallest absolute Gasteiger partial charge is 0.182 e. The predicted molar refractivity (Wildman–Crippen MR) is 65.9 cm³/mol. The molecule has 3 nitrogen and oxygen atoms in total. The van der Waals surface area contributed by atoms with Crippen LogP contribution < -0.4 is 5.73 Å². The summed E-state index contributed by atoms with van der Waals surface area (Å²) in [5.41, 5.74) is 7.24. The average Bonchev–Trinajstić information content (AvgIpc) is 2.79. The van der Waals surface area contributed by atoms with E-state index in [-0.39, 0.29) is 5.69 Å². The zero-order valence-electron chi connectivity index (χ0n) is 9.24. The third-order valence-corrected chi connectivity index (χ3v) is 2.78. The molecule has 0 aliphatic carbocycles. The van der Waals surface area contributed by atoms with Crippen molar-refractivity contribution in [2.45, 2.75) is 0 Å². The normalized spacial score (nSPS) is 11.0. The summed E-state index contributed by atoms with van der Waals surface area (Å²) in [5.74, 6) is -1.59. The van der Waals surface area contributed by atoms with E-state index in [9.17, 15) is 8.78 Å². The Hall–Kier alpha value is -2.43. The van der Waals surface area contributed by atoms with Gasteiger partial charge in [0.1, 0.15) is 5.82 Å². The SMILES string of the molecule is Nc1c(-c2nc3ccccc3[nH]2)ccc(F)c1F. The van der Waals surface area contributed by atoms with E-state index in [4.69, 9.17) is 5.73 Å². The number of H-pyrrole nitrogens is 1. The van der Waals surface area contributed by atoms with Crippen molar-refractivity contribution in [1.29, 1.82) is 0 Å². The number of fused-ring (bicyclic) bond motifs is 1. The molecule has 0 fully saturated rings. The van der Waals surface area contributed by atoms with Crippen LogP contribution in [0.2, 0.25) is 0 Å². The van der Waals surface area contributed by atoms with Gasteiger partial charge in [-0.25, -0.2) is 13.8 Å². The summed E-state index contributed by atoms with van der Waals surface area (Å²) < 4.78 is 26.4. The van der Waals surface area contributed by atoms with Crippen LogP contribution in [0, 0.1) is 11.6 Å². The lowest BCUT2D eigenvalue weighted by Crippen LogP contribution is -1.98. The monoisotopic (exact) mass is 245 g/mol. The number of nitrogen functional groups attached to an aromatic ring is 1. The lowest BCUT2D eigenvalue weighted by Gasteiger charge is -2.03. The minimum Gasteiger partial charge on any atom is -0.396 e. The lowest BCUT2D eigenvalue weighted by atomic mass is 10.1. The largest absolute Gasteiger partial charge is 0.396 e. The van der Waals surface area contributed by atoms with Crippen molar-refractivity contribution in [3.05, 3.63) is 48.0 Å². The minimum atomic E-state index is -1.05. The summed E-state index contributed by atoms with van der Waals surface area (Å²) in [4.78, 5) is 7.31. The van der Waals surface area contributed by atoms with Crippen LogP contribution in [-0.4, -0.2) is 9.97 Å². The third-order valence-electron chi connectivity index (χ3n) is 2.78. The first-order valence-corrected chi connectivity index (χ1v) is 5.35. The number of nitrogens with zero attached hydrogens (tertiary/aromatic N) is 1. The van der Waals surface area contributed by atoms with E-state index in [0.717, 1.165) is 17.1 Å². The number of imidazole rings is 1. The molecule has 1 heterocycles. The summed E-state index contributed by atoms with van der Waals surface area (Å²) in [6.07, 6.45) is 0. The summed E-state index contributed by atoms with van der Waals surface area (Å²) in [6, 6.07) is 9.83. The fourth-order valence-electron chi connectivity index (χ4n) is 1.85. The number of anilines is 1. The molecule has 0 radical (unpaired) electrons. The number of aromatic amines is 1. The van der Waals surface area contributed by atoms with Crippen LogP contribution in [0.3, 0.4) is 0 Å². The van der Waals surface area contributed by atoms with E-state index < -0.39 is 11.6 Å². The Morgan fingerprint density at radius 3 is 2.61 bits per heavy atom. The van der Waals surface area contributed by atoms with Crippen LogP contribution >= 0.6 is 0 Å². The first-order chi connectivity index (χ1) is 8.66. The van der Waals surface area contributed by atoms with Gasteiger partial charge in [-0.2, -0.15) is 0 Å². The second-order valence-electron chi connectivity index (χ2n) is 3.93. The van der Waals surface area contributed by atoms with Gasteiger partial charge in [0, 0.05) is 5.56 Å². The van der Waals surface area contributed by atoms with E-state index in [0.29, 0.717) is 11.4 Å². The van der Waals surface area contributed by atoms with Gasteiger partial charge < -0.3 is 10.7 Å². The summed E-state index contributed by atoms with van der Waals surface area (Å²) >= 11 is 0. The summed E-state index contributed by atoms with van der Waals surface area (Å²) in [7, 11) is 0. The number of benzene rings is 2. The number of nitrogens with one attached hydrogen (secondary N) is 1. The molecule has 0 bridgehead atoms. The van der Waals surface area contributed by atoms with Crippen LogP contribution in [0.15, 0.2) is 36.4 Å². The second kappa shape index (κ2) is 3.80. The third kappa shape index (κ3) is 1.52. The molecular weight excluding hydrogens is 236 g/mol. The number of halogens is 2. The summed E-state index contributed by atoms with van der Waals surface area (Å²) in [5, 5.41) is 0. The highest BCUT2D eigenvalue weighted by atomic mass is 19.2. The molecule has 2 aromatic carbocycles. The first-order valence-electron chi connectivity index (χ1n) is 5.35. The number of hydrogen-bond donors (Lipinski definition) is 2. The number of aromatic nitrogens is 2. The van der Waals surface area contributed by atoms with Gasteiger partial charge in [0.05, 0.1) is 16.7 Å². The topological polar surface area (TPSA) is 54.7 Å². The van der Waals surface area contributed by atoms with Gasteiger partial charge in [-0.15, -0.1) is 0 Å². The molecule has 0 atom stereocenters. The van der Waals surface area contributed by atoms with Crippen molar-refractivity contribution in [2.75, 3.05) is 5.73 Å². The Morgan fingerprint density at radius 1 is 1.06 bits per heavy atom. The van der Waals surface area contributed by atoms with E-state index in [1.165, 1.54) is 6.07 Å². The van der Waals surface area contributed by atoms with Gasteiger partial charge in [-0.1, -0.05) is 12.1 Å². The second-order valence-corrected chi connectivity index (χ2v) is 3.93. The van der Waals surface area contributed by atoms with Crippen molar-refractivity contribution in [2.24, 2.45) is 0 Å². The van der Waals surface area contributed by atoms with Gasteiger partial charge >= 0.3 is 0 Å². The quantitative estimate of drug-likeness (QED) is 0.647. The molecule has 3 aromatic rings. The maximum absolute atomic E-state index is 13.4. The maximum atomic E-state index is 13.4. The molecule has 0 unspecified atom stereocenters. The standard InChI is InChI=1S/C13H9F2N3/c14-8-6-5-7(12(16)11(8)15)13-17-9-3-1-2-4-10(9)18-13/h1-6H,16H2,(H,17,18). The summed E-state index contributed by atoms with van der Waals surface area (Å²) in [6.45, 7) is 0. The molecule has 0 saturated carbocycles. The van der Waals surface area contributed by atoms with E-state index in [1.54, 1.807) is 0 Å². The Morgan fingerprint density at radius 2 is 1.83 bits per heavy atom. The Bertz CT molecular complexity index is 701. The van der Waals surface area contributed by atoms with E-state index in [1.807, 2.05) is 24.3 Å². The molecule has 0 amide bonds. The molecule has 0 saturated heterocycles. The maximum Gasteiger partial charge on any atom is 0.182 e. The van der Waals surface area contributed by atoms with E-state index >= 15 is 0 Å². The number of rotatable bonds is 1. The fraction of sp³-hybridized carbons (Fsp3) is 0. The van der Waals surface area contributed by atoms with Crippen molar-refractivity contribution in [3.63, 3.8) is 0 Å². The van der Waals surface area contributed by atoms with Crippen LogP contribution in [0.1, 0.15) is 0 Å². The average molecular weight is 245 g/mol. The van der Waals surface area contributed by atoms with Gasteiger partial charge in [0.2, 0.25) is 0 Å². The Kier molecular flexibility index (Phi) is 2.26. The molecule has 3 rings (SSSR count). The molecule has 0 aliphatic rings.